The predicted octanol–water partition coefficient (Wildman–Crippen LogP) is 7.12. The molecule has 0 aliphatic carbocycles. The number of hydrogen-bond donors (Lipinski definition) is 0. The molecule has 0 fully saturated rings. The van der Waals surface area contributed by atoms with Crippen LogP contribution in [0.2, 0.25) is 5.02 Å². The maximum absolute atomic E-state index is 12.8. The van der Waals surface area contributed by atoms with Crippen molar-refractivity contribution in [2.45, 2.75) is 13.1 Å². The summed E-state index contributed by atoms with van der Waals surface area (Å²) in [4.78, 5) is 14.6. The molecule has 0 aromatic heterocycles. The topological polar surface area (TPSA) is 64.7 Å². The van der Waals surface area contributed by atoms with Gasteiger partial charge in [-0.2, -0.15) is 13.2 Å². The molecular weight excluding hydrogens is 421 g/mol. The van der Waals surface area contributed by atoms with E-state index in [0.717, 1.165) is 17.7 Å². The van der Waals surface area contributed by atoms with Gasteiger partial charge in [0, 0.05) is 17.3 Å². The molecule has 154 valence electrons. The molecule has 0 unspecified atom stereocenters. The van der Waals surface area contributed by atoms with Crippen LogP contribution in [0.5, 0.6) is 11.5 Å². The Labute approximate surface area is 174 Å². The van der Waals surface area contributed by atoms with E-state index in [1.165, 1.54) is 6.07 Å². The number of hydrogen-bond acceptors (Lipinski definition) is 4. The highest BCUT2D eigenvalue weighted by atomic mass is 35.5. The highest BCUT2D eigenvalue weighted by molar-refractivity contribution is 6.31. The fourth-order valence-corrected chi connectivity index (χ4v) is 2.69. The van der Waals surface area contributed by atoms with Crippen LogP contribution in [0.25, 0.3) is 0 Å². The summed E-state index contributed by atoms with van der Waals surface area (Å²) in [5, 5.41) is 11.8. The quantitative estimate of drug-likeness (QED) is 0.244. The summed E-state index contributed by atoms with van der Waals surface area (Å²) in [6, 6.07) is 13.9. The molecule has 0 saturated heterocycles. The van der Waals surface area contributed by atoms with Crippen LogP contribution < -0.4 is 4.74 Å². The van der Waals surface area contributed by atoms with E-state index in [9.17, 15) is 23.3 Å². The second kappa shape index (κ2) is 8.54. The number of nitrogens with zero attached hydrogens (tertiary/aromatic N) is 2. The summed E-state index contributed by atoms with van der Waals surface area (Å²) in [5.74, 6) is -0.0869. The number of nitro benzene ring substituents is 1. The molecule has 9 heteroatoms. The molecule has 0 aliphatic rings. The third kappa shape index (κ3) is 5.15. The lowest BCUT2D eigenvalue weighted by atomic mass is 10.1. The van der Waals surface area contributed by atoms with Gasteiger partial charge in [-0.05, 0) is 54.4 Å². The average molecular weight is 435 g/mol. The molecule has 0 amide bonds. The monoisotopic (exact) mass is 434 g/mol. The van der Waals surface area contributed by atoms with Crippen molar-refractivity contribution in [3.63, 3.8) is 0 Å². The predicted molar refractivity (Wildman–Crippen MR) is 108 cm³/mol. The molecule has 0 spiro atoms. The van der Waals surface area contributed by atoms with E-state index in [4.69, 9.17) is 16.3 Å². The second-order valence-electron chi connectivity index (χ2n) is 6.30. The molecular formula is C21H14ClF3N2O3. The van der Waals surface area contributed by atoms with E-state index < -0.39 is 22.4 Å². The van der Waals surface area contributed by atoms with Crippen LogP contribution in [0.1, 0.15) is 16.7 Å². The first-order valence-corrected chi connectivity index (χ1v) is 8.95. The van der Waals surface area contributed by atoms with Crippen LogP contribution in [-0.4, -0.2) is 11.1 Å². The lowest BCUT2D eigenvalue weighted by Gasteiger charge is -2.10. The highest BCUT2D eigenvalue weighted by Gasteiger charge is 2.33. The minimum absolute atomic E-state index is 0.212. The van der Waals surface area contributed by atoms with E-state index in [1.54, 1.807) is 36.5 Å². The van der Waals surface area contributed by atoms with E-state index in [2.05, 4.69) is 4.99 Å². The molecule has 0 aliphatic heterocycles. The molecule has 0 heterocycles. The van der Waals surface area contributed by atoms with Crippen molar-refractivity contribution >= 4 is 29.2 Å². The Morgan fingerprint density at radius 3 is 2.53 bits per heavy atom. The largest absolute Gasteiger partial charge is 0.450 e. The number of nitro groups is 1. The number of benzene rings is 3. The second-order valence-corrected chi connectivity index (χ2v) is 6.71. The Morgan fingerprint density at radius 1 is 1.10 bits per heavy atom. The molecule has 0 atom stereocenters. The van der Waals surface area contributed by atoms with Gasteiger partial charge in [0.25, 0.3) is 0 Å². The molecule has 3 rings (SSSR count). The maximum atomic E-state index is 12.8. The van der Waals surface area contributed by atoms with E-state index in [1.807, 2.05) is 13.0 Å². The van der Waals surface area contributed by atoms with Crippen LogP contribution in [0, 0.1) is 17.0 Å². The Morgan fingerprint density at radius 2 is 1.87 bits per heavy atom. The van der Waals surface area contributed by atoms with Crippen molar-refractivity contribution in [1.29, 1.82) is 0 Å². The first-order valence-electron chi connectivity index (χ1n) is 8.57. The zero-order valence-electron chi connectivity index (χ0n) is 15.5. The summed E-state index contributed by atoms with van der Waals surface area (Å²) in [6.07, 6.45) is -3.15. The number of aryl methyl sites for hydroxylation is 1. The Kier molecular flexibility index (Phi) is 6.07. The zero-order valence-corrected chi connectivity index (χ0v) is 16.2. The summed E-state index contributed by atoms with van der Waals surface area (Å²) in [5.41, 5.74) is 0.274. The molecule has 30 heavy (non-hydrogen) atoms. The first-order chi connectivity index (χ1) is 14.1. The third-order valence-corrected chi connectivity index (χ3v) is 4.49. The van der Waals surface area contributed by atoms with Gasteiger partial charge in [-0.25, -0.2) is 0 Å². The maximum Gasteiger partial charge on any atom is 0.416 e. The standard InChI is InChI=1S/C21H14ClF3N2O3/c1-13-5-7-16(11-18(13)22)26-12-14-3-2-4-17(9-14)30-20-8-6-15(21(23,24)25)10-19(20)27(28)29/h2-12H,1H3. The molecule has 5 nitrogen and oxygen atoms in total. The molecule has 0 radical (unpaired) electrons. The lowest BCUT2D eigenvalue weighted by Crippen LogP contribution is -2.06. The summed E-state index contributed by atoms with van der Waals surface area (Å²) >= 11 is 6.07. The van der Waals surface area contributed by atoms with Crippen LogP contribution in [0.15, 0.2) is 65.7 Å². The molecule has 3 aromatic carbocycles. The number of alkyl halides is 3. The van der Waals surface area contributed by atoms with Gasteiger partial charge in [0.15, 0.2) is 0 Å². The fraction of sp³-hybridized carbons (Fsp3) is 0.0952. The summed E-state index contributed by atoms with van der Waals surface area (Å²) in [7, 11) is 0. The summed E-state index contributed by atoms with van der Waals surface area (Å²) in [6.45, 7) is 1.87. The van der Waals surface area contributed by atoms with Crippen molar-refractivity contribution in [2.75, 3.05) is 0 Å². The Hall–Kier alpha value is -3.39. The molecule has 0 N–H and O–H groups in total. The van der Waals surface area contributed by atoms with Gasteiger partial charge >= 0.3 is 11.9 Å². The van der Waals surface area contributed by atoms with E-state index >= 15 is 0 Å². The van der Waals surface area contributed by atoms with Crippen LogP contribution in [-0.2, 0) is 6.18 Å². The third-order valence-electron chi connectivity index (χ3n) is 4.09. The Balaban J connectivity index is 1.85. The van der Waals surface area contributed by atoms with Crippen LogP contribution >= 0.6 is 11.6 Å². The molecule has 0 bridgehead atoms. The van der Waals surface area contributed by atoms with Gasteiger partial charge in [0.1, 0.15) is 5.75 Å². The van der Waals surface area contributed by atoms with Crippen molar-refractivity contribution in [3.8, 4) is 11.5 Å². The average Bonchev–Trinajstić information content (AvgIpc) is 2.68. The van der Waals surface area contributed by atoms with Crippen LogP contribution in [0.3, 0.4) is 0 Å². The lowest BCUT2D eigenvalue weighted by molar-refractivity contribution is -0.385. The van der Waals surface area contributed by atoms with E-state index in [-0.39, 0.29) is 11.5 Å². The molecule has 3 aromatic rings. The minimum Gasteiger partial charge on any atom is -0.450 e. The number of ether oxygens (including phenoxy) is 1. The first kappa shape index (κ1) is 21.3. The van der Waals surface area contributed by atoms with Gasteiger partial charge in [-0.1, -0.05) is 29.8 Å². The Bertz CT molecular complexity index is 1130. The van der Waals surface area contributed by atoms with Crippen molar-refractivity contribution in [1.82, 2.24) is 0 Å². The van der Waals surface area contributed by atoms with Crippen molar-refractivity contribution in [2.24, 2.45) is 4.99 Å². The van der Waals surface area contributed by atoms with Gasteiger partial charge < -0.3 is 4.74 Å². The molecule has 0 saturated carbocycles. The van der Waals surface area contributed by atoms with Gasteiger partial charge in [-0.3, -0.25) is 15.1 Å². The fourth-order valence-electron chi connectivity index (χ4n) is 2.52. The normalized spacial score (nSPS) is 11.6. The van der Waals surface area contributed by atoms with Gasteiger partial charge in [0.2, 0.25) is 5.75 Å². The van der Waals surface area contributed by atoms with Crippen LogP contribution in [0.4, 0.5) is 24.5 Å². The highest BCUT2D eigenvalue weighted by Crippen LogP contribution is 2.37. The number of halogens is 4. The number of rotatable bonds is 5. The zero-order chi connectivity index (χ0) is 21.9. The van der Waals surface area contributed by atoms with Gasteiger partial charge in [-0.15, -0.1) is 0 Å². The summed E-state index contributed by atoms with van der Waals surface area (Å²) < 4.78 is 44.0. The minimum atomic E-state index is -4.70. The van der Waals surface area contributed by atoms with Crippen molar-refractivity contribution < 1.29 is 22.8 Å². The number of aliphatic imine (C=N–C) groups is 1. The van der Waals surface area contributed by atoms with E-state index in [0.29, 0.717) is 22.3 Å². The smallest absolute Gasteiger partial charge is 0.416 e. The van der Waals surface area contributed by atoms with Crippen molar-refractivity contribution in [3.05, 3.63) is 92.5 Å². The van der Waals surface area contributed by atoms with Gasteiger partial charge in [0.05, 0.1) is 16.2 Å². The SMILES string of the molecule is Cc1ccc(N=Cc2cccc(Oc3ccc(C(F)(F)F)cc3[N+](=O)[O-])c2)cc1Cl.